The standard InChI is InChI=1S/C71H44N3.Ir/c1-2-16-50(17-3-1)27-28-51-29-31-54(32-30-51)68-49-57(71-26-12-15-45-74-71)41-42-67(68)66-23-9-8-22-65(66)60-47-58(63-20-6-4-18-61(63)52-33-37-55(38-34-52)69-24-10-13-43-72-69)46-59(48-60)64-21-7-5-19-62(64)53-35-39-56(40-36-53)70-25-11-14-44-73-70;/h1-26,29-37,39,42-49H;/q-3;+3. The normalized spacial score (nSPS) is 10.7. The maximum absolute atomic E-state index is 4.73. The second kappa shape index (κ2) is 22.2. The van der Waals surface area contributed by atoms with E-state index in [9.17, 15) is 0 Å². The van der Waals surface area contributed by atoms with Gasteiger partial charge in [0.25, 0.3) is 0 Å². The van der Waals surface area contributed by atoms with Crippen LogP contribution in [-0.4, -0.2) is 15.0 Å². The number of aromatic nitrogens is 3. The van der Waals surface area contributed by atoms with E-state index in [1.165, 1.54) is 0 Å². The Morgan fingerprint density at radius 3 is 1.07 bits per heavy atom. The van der Waals surface area contributed by atoms with Crippen LogP contribution in [0.25, 0.3) is 112 Å². The van der Waals surface area contributed by atoms with Gasteiger partial charge in [-0.25, -0.2) is 0 Å². The molecule has 0 radical (unpaired) electrons. The second-order valence-electron chi connectivity index (χ2n) is 17.9. The quantitative estimate of drug-likeness (QED) is 0.101. The van der Waals surface area contributed by atoms with E-state index in [0.717, 1.165) is 123 Å². The van der Waals surface area contributed by atoms with E-state index in [1.54, 1.807) is 0 Å². The van der Waals surface area contributed by atoms with Crippen molar-refractivity contribution >= 4 is 0 Å². The molecule has 0 fully saturated rings. The van der Waals surface area contributed by atoms with Crippen molar-refractivity contribution in [1.29, 1.82) is 0 Å². The van der Waals surface area contributed by atoms with Crippen molar-refractivity contribution in [2.75, 3.05) is 0 Å². The van der Waals surface area contributed by atoms with Crippen LogP contribution in [0.15, 0.2) is 267 Å². The largest absolute Gasteiger partial charge is 3.00 e. The summed E-state index contributed by atoms with van der Waals surface area (Å²) in [6.07, 6.45) is 5.47. The topological polar surface area (TPSA) is 38.7 Å². The number of pyridine rings is 3. The van der Waals surface area contributed by atoms with Crippen molar-refractivity contribution in [3.63, 3.8) is 0 Å². The van der Waals surface area contributed by atoms with E-state index in [-0.39, 0.29) is 20.1 Å². The number of hydrogen-bond donors (Lipinski definition) is 0. The van der Waals surface area contributed by atoms with Crippen LogP contribution >= 0.6 is 0 Å². The molecule has 0 N–H and O–H groups in total. The molecule has 3 heterocycles. The smallest absolute Gasteiger partial charge is 0.305 e. The first-order chi connectivity index (χ1) is 36.7. The molecule has 0 aliphatic heterocycles. The van der Waals surface area contributed by atoms with Crippen molar-refractivity contribution in [1.82, 2.24) is 15.0 Å². The first-order valence-corrected chi connectivity index (χ1v) is 24.6. The summed E-state index contributed by atoms with van der Waals surface area (Å²) < 4.78 is 0. The van der Waals surface area contributed by atoms with Gasteiger partial charge in [-0.2, -0.15) is 0 Å². The van der Waals surface area contributed by atoms with Gasteiger partial charge in [0, 0.05) is 29.7 Å². The molecule has 0 saturated carbocycles. The molecule has 352 valence electrons. The first-order valence-electron chi connectivity index (χ1n) is 24.6. The van der Waals surface area contributed by atoms with Crippen LogP contribution in [-0.2, 0) is 20.1 Å². The zero-order chi connectivity index (χ0) is 49.5. The van der Waals surface area contributed by atoms with Crippen LogP contribution in [0.2, 0.25) is 0 Å². The van der Waals surface area contributed by atoms with Crippen LogP contribution in [0.3, 0.4) is 0 Å². The fraction of sp³-hybridized carbons (Fsp3) is 0. The third kappa shape index (κ3) is 10.5. The van der Waals surface area contributed by atoms with E-state index < -0.39 is 0 Å². The van der Waals surface area contributed by atoms with Crippen molar-refractivity contribution in [2.24, 2.45) is 0 Å². The van der Waals surface area contributed by atoms with Gasteiger partial charge in [0.2, 0.25) is 0 Å². The molecular formula is C71H44IrN3. The third-order valence-corrected chi connectivity index (χ3v) is 13.3. The van der Waals surface area contributed by atoms with Crippen molar-refractivity contribution in [3.8, 4) is 124 Å². The number of hydrogen-bond acceptors (Lipinski definition) is 3. The summed E-state index contributed by atoms with van der Waals surface area (Å²) in [5.41, 5.74) is 22.6. The fourth-order valence-corrected chi connectivity index (χ4v) is 9.61. The van der Waals surface area contributed by atoms with Crippen molar-refractivity contribution in [3.05, 3.63) is 297 Å². The Labute approximate surface area is 452 Å². The monoisotopic (exact) mass is 1130 g/mol. The minimum absolute atomic E-state index is 0. The third-order valence-electron chi connectivity index (χ3n) is 13.3. The fourth-order valence-electron chi connectivity index (χ4n) is 9.61. The SMILES string of the molecule is C(#Cc1ccc(-c2cc(-c3ccccn3)[c-]cc2-c2ccccc2-c2cc(-c3ccccc3-c3c[c-]c(-c4ccccn4)cc3)cc(-c3ccccc3-c3c[c-]c(-c4ccccn4)cc3)c2)cc1)c1ccccc1.[Ir+3]. The molecule has 12 rings (SSSR count). The molecule has 75 heavy (non-hydrogen) atoms. The molecule has 0 spiro atoms. The van der Waals surface area contributed by atoms with Gasteiger partial charge in [-0.15, -0.1) is 83.4 Å². The van der Waals surface area contributed by atoms with Gasteiger partial charge >= 0.3 is 20.1 Å². The van der Waals surface area contributed by atoms with Gasteiger partial charge in [0.05, 0.1) is 0 Å². The van der Waals surface area contributed by atoms with Crippen molar-refractivity contribution in [2.45, 2.75) is 0 Å². The summed E-state index contributed by atoms with van der Waals surface area (Å²) in [6, 6.07) is 97.5. The number of nitrogens with zero attached hydrogens (tertiary/aromatic N) is 3. The van der Waals surface area contributed by atoms with E-state index in [4.69, 9.17) is 4.98 Å². The van der Waals surface area contributed by atoms with E-state index >= 15 is 0 Å². The minimum Gasteiger partial charge on any atom is -0.305 e. The van der Waals surface area contributed by atoms with Gasteiger partial charge in [-0.1, -0.05) is 190 Å². The summed E-state index contributed by atoms with van der Waals surface area (Å²) in [7, 11) is 0. The molecule has 0 aliphatic rings. The molecule has 9 aromatic carbocycles. The summed E-state index contributed by atoms with van der Waals surface area (Å²) in [5, 5.41) is 0. The molecule has 0 saturated heterocycles. The Kier molecular flexibility index (Phi) is 14.2. The molecule has 3 aromatic heterocycles. The Bertz CT molecular complexity index is 3820. The molecule has 12 aromatic rings. The van der Waals surface area contributed by atoms with Gasteiger partial charge in [-0.3, -0.25) is 0 Å². The zero-order valence-electron chi connectivity index (χ0n) is 40.6. The zero-order valence-corrected chi connectivity index (χ0v) is 43.0. The first kappa shape index (κ1) is 47.9. The minimum atomic E-state index is 0. The Balaban J connectivity index is 0.00000602. The molecule has 0 aliphatic carbocycles. The second-order valence-corrected chi connectivity index (χ2v) is 17.9. The molecule has 3 nitrogen and oxygen atoms in total. The van der Waals surface area contributed by atoms with Gasteiger partial charge in [-0.05, 0) is 117 Å². The van der Waals surface area contributed by atoms with Crippen molar-refractivity contribution < 1.29 is 20.1 Å². The molecular weight excluding hydrogens is 1090 g/mol. The number of benzene rings is 9. The summed E-state index contributed by atoms with van der Waals surface area (Å²) in [6.45, 7) is 0. The molecule has 0 unspecified atom stereocenters. The van der Waals surface area contributed by atoms with Crippen LogP contribution in [0.1, 0.15) is 11.1 Å². The molecule has 0 amide bonds. The van der Waals surface area contributed by atoms with Crippen LogP contribution in [0, 0.1) is 30.0 Å². The molecule has 0 bridgehead atoms. The van der Waals surface area contributed by atoms with Crippen LogP contribution < -0.4 is 0 Å². The van der Waals surface area contributed by atoms with Gasteiger partial charge in [0.15, 0.2) is 0 Å². The van der Waals surface area contributed by atoms with E-state index in [2.05, 4.69) is 204 Å². The molecule has 4 heteroatoms. The Morgan fingerprint density at radius 2 is 0.627 bits per heavy atom. The Hall–Kier alpha value is -9.36. The Morgan fingerprint density at radius 1 is 0.253 bits per heavy atom. The van der Waals surface area contributed by atoms with Gasteiger partial charge in [0.1, 0.15) is 0 Å². The van der Waals surface area contributed by atoms with E-state index in [1.807, 2.05) is 104 Å². The maximum Gasteiger partial charge on any atom is 3.00 e. The van der Waals surface area contributed by atoms with E-state index in [0.29, 0.717) is 0 Å². The number of rotatable bonds is 10. The van der Waals surface area contributed by atoms with Crippen LogP contribution in [0.5, 0.6) is 0 Å². The molecule has 0 atom stereocenters. The summed E-state index contributed by atoms with van der Waals surface area (Å²) in [5.74, 6) is 6.68. The van der Waals surface area contributed by atoms with Crippen LogP contribution in [0.4, 0.5) is 0 Å². The maximum atomic E-state index is 4.73. The predicted molar refractivity (Wildman–Crippen MR) is 303 cm³/mol. The average molecular weight is 1130 g/mol. The van der Waals surface area contributed by atoms with Gasteiger partial charge < -0.3 is 15.0 Å². The average Bonchev–Trinajstić information content (AvgIpc) is 3.49. The summed E-state index contributed by atoms with van der Waals surface area (Å²) in [4.78, 5) is 13.9. The predicted octanol–water partition coefficient (Wildman–Crippen LogP) is 17.3. The summed E-state index contributed by atoms with van der Waals surface area (Å²) >= 11 is 0.